The second-order valence-corrected chi connectivity index (χ2v) is 7.89. The van der Waals surface area contributed by atoms with Crippen molar-refractivity contribution in [1.29, 1.82) is 0 Å². The highest BCUT2D eigenvalue weighted by Gasteiger charge is 2.26. The summed E-state index contributed by atoms with van der Waals surface area (Å²) < 4.78 is 17.2. The molecule has 0 saturated carbocycles. The second-order valence-electron chi connectivity index (χ2n) is 7.89. The number of piperazine rings is 1. The molecule has 4 rings (SSSR count). The van der Waals surface area contributed by atoms with Gasteiger partial charge in [0.2, 0.25) is 5.91 Å². The molecule has 2 aromatic carbocycles. The number of benzene rings is 2. The Bertz CT molecular complexity index is 883. The maximum Gasteiger partial charge on any atom is 0.236 e. The molecule has 1 saturated heterocycles. The van der Waals surface area contributed by atoms with Gasteiger partial charge in [-0.2, -0.15) is 0 Å². The van der Waals surface area contributed by atoms with Gasteiger partial charge in [0.15, 0.2) is 17.6 Å². The number of nitrogens with zero attached hydrogens (tertiary/aromatic N) is 3. The Labute approximate surface area is 184 Å². The SMILES string of the molecule is CCN(C[C@@H]1COc2ccccc2O1)C(=O)CN1CCN(c2cccc(OC)c2)CC1. The maximum atomic E-state index is 13.0. The molecule has 31 heavy (non-hydrogen) atoms. The Morgan fingerprint density at radius 1 is 1.10 bits per heavy atom. The zero-order valence-electron chi connectivity index (χ0n) is 18.3. The molecule has 7 heteroatoms. The van der Waals surface area contributed by atoms with Crippen LogP contribution in [0, 0.1) is 0 Å². The van der Waals surface area contributed by atoms with E-state index in [2.05, 4.69) is 21.9 Å². The number of methoxy groups -OCH3 is 1. The first-order valence-electron chi connectivity index (χ1n) is 10.9. The van der Waals surface area contributed by atoms with E-state index in [-0.39, 0.29) is 12.0 Å². The van der Waals surface area contributed by atoms with Crippen molar-refractivity contribution >= 4 is 11.6 Å². The monoisotopic (exact) mass is 425 g/mol. The topological polar surface area (TPSA) is 54.5 Å². The number of amides is 1. The summed E-state index contributed by atoms with van der Waals surface area (Å²) in [6.07, 6.45) is -0.149. The lowest BCUT2D eigenvalue weighted by Crippen LogP contribution is -2.51. The average Bonchev–Trinajstić information content (AvgIpc) is 2.83. The Morgan fingerprint density at radius 3 is 2.61 bits per heavy atom. The number of fused-ring (bicyclic) bond motifs is 1. The standard InChI is InChI=1S/C24H31N3O4/c1-3-26(16-21-18-30-22-9-4-5-10-23(22)31-21)24(28)17-25-11-13-27(14-12-25)19-7-6-8-20(15-19)29-2/h4-10,15,21H,3,11-14,16-18H2,1-2H3/t21-/m1/s1. The lowest BCUT2D eigenvalue weighted by Gasteiger charge is -2.37. The van der Waals surface area contributed by atoms with E-state index in [0.717, 1.165) is 49.1 Å². The number of hydrogen-bond donors (Lipinski definition) is 0. The van der Waals surface area contributed by atoms with Crippen LogP contribution in [0.1, 0.15) is 6.92 Å². The van der Waals surface area contributed by atoms with Crippen molar-refractivity contribution < 1.29 is 19.0 Å². The number of ether oxygens (including phenoxy) is 3. The maximum absolute atomic E-state index is 13.0. The number of hydrogen-bond acceptors (Lipinski definition) is 6. The average molecular weight is 426 g/mol. The van der Waals surface area contributed by atoms with Crippen molar-refractivity contribution in [1.82, 2.24) is 9.80 Å². The summed E-state index contributed by atoms with van der Waals surface area (Å²) in [7, 11) is 1.69. The van der Waals surface area contributed by atoms with Gasteiger partial charge in [0.1, 0.15) is 12.4 Å². The number of anilines is 1. The summed E-state index contributed by atoms with van der Waals surface area (Å²) in [6.45, 7) is 7.59. The highest BCUT2D eigenvalue weighted by molar-refractivity contribution is 5.78. The van der Waals surface area contributed by atoms with Gasteiger partial charge in [-0.1, -0.05) is 18.2 Å². The van der Waals surface area contributed by atoms with E-state index in [0.29, 0.717) is 26.2 Å². The summed E-state index contributed by atoms with van der Waals surface area (Å²) in [4.78, 5) is 19.4. The van der Waals surface area contributed by atoms with Crippen LogP contribution in [-0.4, -0.2) is 81.3 Å². The van der Waals surface area contributed by atoms with E-state index in [1.807, 2.05) is 48.2 Å². The molecule has 7 nitrogen and oxygen atoms in total. The summed E-state index contributed by atoms with van der Waals surface area (Å²) in [5.74, 6) is 2.52. The molecule has 0 N–H and O–H groups in total. The molecule has 2 aliphatic heterocycles. The van der Waals surface area contributed by atoms with Crippen molar-refractivity contribution in [2.45, 2.75) is 13.0 Å². The van der Waals surface area contributed by atoms with E-state index in [9.17, 15) is 4.79 Å². The minimum atomic E-state index is -0.149. The van der Waals surface area contributed by atoms with Crippen molar-refractivity contribution in [3.05, 3.63) is 48.5 Å². The van der Waals surface area contributed by atoms with Crippen LogP contribution in [0.3, 0.4) is 0 Å². The van der Waals surface area contributed by atoms with Crippen LogP contribution in [-0.2, 0) is 4.79 Å². The fourth-order valence-corrected chi connectivity index (χ4v) is 4.07. The predicted octanol–water partition coefficient (Wildman–Crippen LogP) is 2.51. The fraction of sp³-hybridized carbons (Fsp3) is 0.458. The van der Waals surface area contributed by atoms with Crippen molar-refractivity contribution in [2.24, 2.45) is 0 Å². The van der Waals surface area contributed by atoms with Gasteiger partial charge in [0, 0.05) is 44.5 Å². The third-order valence-corrected chi connectivity index (χ3v) is 5.88. The Morgan fingerprint density at radius 2 is 1.87 bits per heavy atom. The first-order chi connectivity index (χ1) is 15.2. The van der Waals surface area contributed by atoms with Gasteiger partial charge in [0.25, 0.3) is 0 Å². The zero-order valence-corrected chi connectivity index (χ0v) is 18.3. The molecule has 0 aromatic heterocycles. The number of rotatable bonds is 7. The largest absolute Gasteiger partial charge is 0.497 e. The molecular formula is C24H31N3O4. The van der Waals surface area contributed by atoms with Crippen LogP contribution in [0.2, 0.25) is 0 Å². The summed E-state index contributed by atoms with van der Waals surface area (Å²) >= 11 is 0. The summed E-state index contributed by atoms with van der Waals surface area (Å²) in [5, 5.41) is 0. The molecule has 166 valence electrons. The number of para-hydroxylation sites is 2. The lowest BCUT2D eigenvalue weighted by molar-refractivity contribution is -0.133. The van der Waals surface area contributed by atoms with Crippen LogP contribution in [0.25, 0.3) is 0 Å². The molecule has 1 atom stereocenters. The van der Waals surface area contributed by atoms with Crippen LogP contribution >= 0.6 is 0 Å². The van der Waals surface area contributed by atoms with Gasteiger partial charge in [-0.15, -0.1) is 0 Å². The smallest absolute Gasteiger partial charge is 0.236 e. The van der Waals surface area contributed by atoms with Crippen LogP contribution in [0.5, 0.6) is 17.2 Å². The van der Waals surface area contributed by atoms with Gasteiger partial charge >= 0.3 is 0 Å². The zero-order chi connectivity index (χ0) is 21.6. The van der Waals surface area contributed by atoms with Crippen LogP contribution in [0.15, 0.2) is 48.5 Å². The van der Waals surface area contributed by atoms with Crippen LogP contribution < -0.4 is 19.1 Å². The minimum absolute atomic E-state index is 0.139. The molecule has 0 bridgehead atoms. The number of carbonyl (C=O) groups is 1. The molecule has 0 unspecified atom stereocenters. The molecule has 1 fully saturated rings. The molecule has 2 heterocycles. The van der Waals surface area contributed by atoms with E-state index >= 15 is 0 Å². The Kier molecular flexibility index (Phi) is 6.82. The first-order valence-corrected chi connectivity index (χ1v) is 10.9. The number of carbonyl (C=O) groups excluding carboxylic acids is 1. The second kappa shape index (κ2) is 9.92. The quantitative estimate of drug-likeness (QED) is 0.680. The van der Waals surface area contributed by atoms with E-state index in [4.69, 9.17) is 14.2 Å². The Balaban J connectivity index is 1.27. The van der Waals surface area contributed by atoms with E-state index in [1.165, 1.54) is 0 Å². The third-order valence-electron chi connectivity index (χ3n) is 5.88. The van der Waals surface area contributed by atoms with Gasteiger partial charge in [-0.3, -0.25) is 9.69 Å². The third kappa shape index (κ3) is 5.22. The van der Waals surface area contributed by atoms with Gasteiger partial charge in [-0.05, 0) is 31.2 Å². The highest BCUT2D eigenvalue weighted by atomic mass is 16.6. The van der Waals surface area contributed by atoms with Gasteiger partial charge < -0.3 is 24.0 Å². The molecule has 0 radical (unpaired) electrons. The summed E-state index contributed by atoms with van der Waals surface area (Å²) in [5.41, 5.74) is 1.16. The Hall–Kier alpha value is -2.93. The molecule has 0 aliphatic carbocycles. The number of likely N-dealkylation sites (N-methyl/N-ethyl adjacent to an activating group) is 1. The van der Waals surface area contributed by atoms with Crippen molar-refractivity contribution in [3.8, 4) is 17.2 Å². The molecule has 1 amide bonds. The van der Waals surface area contributed by atoms with Crippen molar-refractivity contribution in [2.75, 3.05) is 64.4 Å². The predicted molar refractivity (Wildman–Crippen MR) is 120 cm³/mol. The van der Waals surface area contributed by atoms with Crippen molar-refractivity contribution in [3.63, 3.8) is 0 Å². The molecule has 0 spiro atoms. The molecular weight excluding hydrogens is 394 g/mol. The minimum Gasteiger partial charge on any atom is -0.497 e. The normalized spacial score (nSPS) is 18.5. The van der Waals surface area contributed by atoms with Crippen LogP contribution in [0.4, 0.5) is 5.69 Å². The van der Waals surface area contributed by atoms with E-state index < -0.39 is 0 Å². The van der Waals surface area contributed by atoms with Gasteiger partial charge in [0.05, 0.1) is 20.2 Å². The molecule has 2 aromatic rings. The van der Waals surface area contributed by atoms with E-state index in [1.54, 1.807) is 7.11 Å². The molecule has 2 aliphatic rings. The highest BCUT2D eigenvalue weighted by Crippen LogP contribution is 2.31. The fourth-order valence-electron chi connectivity index (χ4n) is 4.07. The first kappa shape index (κ1) is 21.3. The van der Waals surface area contributed by atoms with Gasteiger partial charge in [-0.25, -0.2) is 0 Å². The lowest BCUT2D eigenvalue weighted by atomic mass is 10.2. The summed E-state index contributed by atoms with van der Waals surface area (Å²) in [6, 6.07) is 15.8.